The summed E-state index contributed by atoms with van der Waals surface area (Å²) in [5.74, 6) is -1.98. The Bertz CT molecular complexity index is 816. The average Bonchev–Trinajstić information content (AvgIpc) is 3.42. The molecule has 1 N–H and O–H groups in total. The average molecular weight is 476 g/mol. The number of aliphatic hydroxyl groups excluding tert-OH is 1. The predicted octanol–water partition coefficient (Wildman–Crippen LogP) is 1.98. The number of likely N-dealkylation sites (N-methyl/N-ethyl adjacent to an activating group) is 1. The normalized spacial score (nSPS) is 31.5. The Labute approximate surface area is 203 Å². The molecule has 2 bridgehead atoms. The molecular formula is C26H41N3O5. The number of likely N-dealkylation sites (tertiary alicyclic amines) is 1. The first-order chi connectivity index (χ1) is 16.3. The van der Waals surface area contributed by atoms with Crippen LogP contribution < -0.4 is 0 Å². The minimum absolute atomic E-state index is 0.0380. The van der Waals surface area contributed by atoms with Gasteiger partial charge in [0.05, 0.1) is 24.0 Å². The molecule has 3 saturated heterocycles. The van der Waals surface area contributed by atoms with E-state index in [4.69, 9.17) is 4.74 Å². The minimum Gasteiger partial charge on any atom is -0.395 e. The molecule has 3 aliphatic rings. The van der Waals surface area contributed by atoms with E-state index in [2.05, 4.69) is 20.1 Å². The van der Waals surface area contributed by atoms with Crippen molar-refractivity contribution in [2.75, 3.05) is 39.8 Å². The van der Waals surface area contributed by atoms with E-state index in [0.717, 1.165) is 19.3 Å². The van der Waals surface area contributed by atoms with Gasteiger partial charge >= 0.3 is 0 Å². The standard InChI is InChI=1S/C26H41N3O5/c1-6-10-11-16-28(15-8-3)24(33)21-26-13-12-25(9-4,34-26)19(22(31)27(5)14-7-2)20(26)23(32)29(21)17-18-30/h7-8,19-21,30H,2-3,6,9-18H2,1,4-5H3/t19-,20-,21?,25+,26?/m0/s1. The van der Waals surface area contributed by atoms with Crippen LogP contribution in [0.5, 0.6) is 0 Å². The number of hydrogen-bond acceptors (Lipinski definition) is 5. The summed E-state index contributed by atoms with van der Waals surface area (Å²) in [6, 6.07) is -0.852. The first-order valence-corrected chi connectivity index (χ1v) is 12.7. The van der Waals surface area contributed by atoms with Gasteiger partial charge in [0, 0.05) is 33.2 Å². The van der Waals surface area contributed by atoms with Crippen LogP contribution in [0.4, 0.5) is 0 Å². The molecule has 3 aliphatic heterocycles. The number of unbranched alkanes of at least 4 members (excludes halogenated alkanes) is 2. The number of amides is 3. The Morgan fingerprint density at radius 1 is 1.18 bits per heavy atom. The Morgan fingerprint density at radius 3 is 2.47 bits per heavy atom. The maximum Gasteiger partial charge on any atom is 0.248 e. The second-order valence-electron chi connectivity index (χ2n) is 9.88. The van der Waals surface area contributed by atoms with Crippen molar-refractivity contribution in [3.8, 4) is 0 Å². The lowest BCUT2D eigenvalue weighted by molar-refractivity contribution is -0.155. The van der Waals surface area contributed by atoms with Gasteiger partial charge in [0.2, 0.25) is 17.7 Å². The quantitative estimate of drug-likeness (QED) is 0.325. The third-order valence-electron chi connectivity index (χ3n) is 7.99. The second-order valence-corrected chi connectivity index (χ2v) is 9.88. The van der Waals surface area contributed by atoms with E-state index in [9.17, 15) is 19.5 Å². The number of ether oxygens (including phenoxy) is 1. The van der Waals surface area contributed by atoms with Crippen LogP contribution in [0.15, 0.2) is 25.3 Å². The van der Waals surface area contributed by atoms with Gasteiger partial charge in [-0.1, -0.05) is 38.8 Å². The van der Waals surface area contributed by atoms with Crippen LogP contribution in [0, 0.1) is 11.8 Å². The fourth-order valence-electron chi connectivity index (χ4n) is 6.41. The van der Waals surface area contributed by atoms with Crippen LogP contribution in [-0.4, -0.2) is 94.6 Å². The number of β-amino-alcohol motifs (C(OH)–C–C–N with tert-alkyl or cyclic N) is 1. The molecule has 5 atom stereocenters. The van der Waals surface area contributed by atoms with Crippen molar-refractivity contribution in [3.05, 3.63) is 25.3 Å². The van der Waals surface area contributed by atoms with Crippen molar-refractivity contribution in [1.82, 2.24) is 14.7 Å². The monoisotopic (exact) mass is 475 g/mol. The lowest BCUT2D eigenvalue weighted by Crippen LogP contribution is -2.56. The number of rotatable bonds is 13. The molecule has 190 valence electrons. The zero-order chi connectivity index (χ0) is 25.1. The highest BCUT2D eigenvalue weighted by molar-refractivity contribution is 5.99. The van der Waals surface area contributed by atoms with Crippen LogP contribution >= 0.6 is 0 Å². The van der Waals surface area contributed by atoms with Crippen molar-refractivity contribution >= 4 is 17.7 Å². The summed E-state index contributed by atoms with van der Waals surface area (Å²) in [5, 5.41) is 9.76. The molecule has 8 nitrogen and oxygen atoms in total. The largest absolute Gasteiger partial charge is 0.395 e. The highest BCUT2D eigenvalue weighted by Crippen LogP contribution is 2.64. The van der Waals surface area contributed by atoms with E-state index < -0.39 is 29.1 Å². The van der Waals surface area contributed by atoms with Gasteiger partial charge in [0.1, 0.15) is 11.6 Å². The van der Waals surface area contributed by atoms with E-state index in [1.165, 1.54) is 4.90 Å². The van der Waals surface area contributed by atoms with Crippen molar-refractivity contribution in [2.45, 2.75) is 69.6 Å². The molecule has 3 heterocycles. The van der Waals surface area contributed by atoms with Gasteiger partial charge in [-0.25, -0.2) is 0 Å². The van der Waals surface area contributed by atoms with Crippen molar-refractivity contribution in [1.29, 1.82) is 0 Å². The summed E-state index contributed by atoms with van der Waals surface area (Å²) in [6.45, 7) is 12.7. The Balaban J connectivity index is 2.04. The summed E-state index contributed by atoms with van der Waals surface area (Å²) < 4.78 is 6.73. The second kappa shape index (κ2) is 10.6. The molecule has 0 radical (unpaired) electrons. The highest BCUT2D eigenvalue weighted by atomic mass is 16.5. The maximum atomic E-state index is 14.0. The Kier molecular flexibility index (Phi) is 8.24. The third kappa shape index (κ3) is 4.09. The van der Waals surface area contributed by atoms with Crippen LogP contribution in [0.2, 0.25) is 0 Å². The third-order valence-corrected chi connectivity index (χ3v) is 7.99. The number of nitrogens with zero attached hydrogens (tertiary/aromatic N) is 3. The van der Waals surface area contributed by atoms with Crippen LogP contribution in [0.25, 0.3) is 0 Å². The van der Waals surface area contributed by atoms with E-state index in [0.29, 0.717) is 38.9 Å². The van der Waals surface area contributed by atoms with E-state index in [-0.39, 0.29) is 30.9 Å². The van der Waals surface area contributed by atoms with Crippen molar-refractivity contribution in [3.63, 3.8) is 0 Å². The van der Waals surface area contributed by atoms with Crippen molar-refractivity contribution in [2.24, 2.45) is 11.8 Å². The molecule has 0 aromatic carbocycles. The molecular weight excluding hydrogens is 434 g/mol. The molecule has 1 spiro atoms. The van der Waals surface area contributed by atoms with Gasteiger partial charge in [0.15, 0.2) is 0 Å². The number of carbonyl (C=O) groups is 3. The summed E-state index contributed by atoms with van der Waals surface area (Å²) in [6.07, 6.45) is 8.01. The van der Waals surface area contributed by atoms with Crippen LogP contribution in [0.3, 0.4) is 0 Å². The van der Waals surface area contributed by atoms with Gasteiger partial charge in [-0.2, -0.15) is 0 Å². The van der Waals surface area contributed by atoms with Gasteiger partial charge in [-0.05, 0) is 25.7 Å². The topological polar surface area (TPSA) is 90.4 Å². The molecule has 0 aromatic rings. The van der Waals surface area contributed by atoms with Crippen LogP contribution in [-0.2, 0) is 19.1 Å². The van der Waals surface area contributed by atoms with Gasteiger partial charge in [-0.3, -0.25) is 14.4 Å². The lowest BCUT2D eigenvalue weighted by atomic mass is 9.64. The molecule has 3 rings (SSSR count). The number of aliphatic hydroxyl groups is 1. The summed E-state index contributed by atoms with van der Waals surface area (Å²) in [4.78, 5) is 46.2. The Morgan fingerprint density at radius 2 is 1.88 bits per heavy atom. The van der Waals surface area contributed by atoms with Crippen LogP contribution in [0.1, 0.15) is 52.4 Å². The van der Waals surface area contributed by atoms with Gasteiger partial charge in [0.25, 0.3) is 0 Å². The fraction of sp³-hybridized carbons (Fsp3) is 0.731. The lowest BCUT2D eigenvalue weighted by Gasteiger charge is -2.36. The maximum absolute atomic E-state index is 14.0. The number of carbonyl (C=O) groups excluding carboxylic acids is 3. The fourth-order valence-corrected chi connectivity index (χ4v) is 6.41. The Hall–Kier alpha value is -2.19. The smallest absolute Gasteiger partial charge is 0.248 e. The number of fused-ring (bicyclic) bond motifs is 1. The molecule has 0 saturated carbocycles. The predicted molar refractivity (Wildman–Crippen MR) is 130 cm³/mol. The molecule has 8 heteroatoms. The summed E-state index contributed by atoms with van der Waals surface area (Å²) in [7, 11) is 1.71. The van der Waals surface area contributed by atoms with E-state index in [1.54, 1.807) is 29.0 Å². The van der Waals surface area contributed by atoms with Gasteiger partial charge < -0.3 is 24.5 Å². The zero-order valence-electron chi connectivity index (χ0n) is 21.0. The van der Waals surface area contributed by atoms with Gasteiger partial charge in [-0.15, -0.1) is 13.2 Å². The molecule has 0 aromatic heterocycles. The molecule has 3 fully saturated rings. The minimum atomic E-state index is -1.06. The molecule has 0 aliphatic carbocycles. The zero-order valence-corrected chi connectivity index (χ0v) is 21.0. The summed E-state index contributed by atoms with van der Waals surface area (Å²) >= 11 is 0. The molecule has 34 heavy (non-hydrogen) atoms. The first-order valence-electron chi connectivity index (χ1n) is 12.7. The van der Waals surface area contributed by atoms with Crippen molar-refractivity contribution < 1.29 is 24.2 Å². The number of hydrogen-bond donors (Lipinski definition) is 1. The SMILES string of the molecule is C=CCN(C)C(=O)[C@@H]1[C@H]2C(=O)N(CCO)C(C(=O)N(CC=C)CCCCC)C23CC[C@@]1(CC)O3. The van der Waals surface area contributed by atoms with E-state index in [1.807, 2.05) is 6.92 Å². The summed E-state index contributed by atoms with van der Waals surface area (Å²) in [5.41, 5.74) is -1.82. The molecule has 3 amide bonds. The highest BCUT2D eigenvalue weighted by Gasteiger charge is 2.78. The first kappa shape index (κ1) is 26.4. The molecule has 2 unspecified atom stereocenters. The van der Waals surface area contributed by atoms with E-state index >= 15 is 0 Å².